The molecule has 2 aromatic carbocycles. The highest BCUT2D eigenvalue weighted by atomic mass is 16.5. The Balaban J connectivity index is 2.00. The molecule has 0 unspecified atom stereocenters. The topological polar surface area (TPSA) is 64.6 Å². The highest BCUT2D eigenvalue weighted by molar-refractivity contribution is 6.04. The van der Waals surface area contributed by atoms with E-state index in [4.69, 9.17) is 9.47 Å². The van der Waals surface area contributed by atoms with Gasteiger partial charge in [0.05, 0.1) is 7.11 Å². The summed E-state index contributed by atoms with van der Waals surface area (Å²) in [6, 6.07) is 13.3. The third-order valence-corrected chi connectivity index (χ3v) is 3.02. The van der Waals surface area contributed by atoms with Crippen LogP contribution in [0.15, 0.2) is 60.7 Å². The van der Waals surface area contributed by atoms with Gasteiger partial charge in [0.15, 0.2) is 0 Å². The second kappa shape index (κ2) is 7.26. The molecule has 23 heavy (non-hydrogen) atoms. The number of hydrogen-bond donors (Lipinski definition) is 1. The van der Waals surface area contributed by atoms with Crippen LogP contribution in [0.2, 0.25) is 0 Å². The monoisotopic (exact) mass is 311 g/mol. The van der Waals surface area contributed by atoms with Crippen LogP contribution < -0.4 is 14.8 Å². The highest BCUT2D eigenvalue weighted by Crippen LogP contribution is 2.18. The first-order chi connectivity index (χ1) is 11.0. The third-order valence-electron chi connectivity index (χ3n) is 3.02. The highest BCUT2D eigenvalue weighted by Gasteiger charge is 2.08. The van der Waals surface area contributed by atoms with Gasteiger partial charge in [0.25, 0.3) is 5.91 Å². The van der Waals surface area contributed by atoms with Crippen molar-refractivity contribution in [1.29, 1.82) is 0 Å². The van der Waals surface area contributed by atoms with E-state index in [0.29, 0.717) is 28.3 Å². The van der Waals surface area contributed by atoms with E-state index in [1.54, 1.807) is 62.6 Å². The lowest BCUT2D eigenvalue weighted by molar-refractivity contribution is -0.130. The molecule has 1 amide bonds. The number of hydrogen-bond acceptors (Lipinski definition) is 4. The predicted octanol–water partition coefficient (Wildman–Crippen LogP) is 3.43. The van der Waals surface area contributed by atoms with Crippen LogP contribution in [0, 0.1) is 0 Å². The van der Waals surface area contributed by atoms with Crippen molar-refractivity contribution in [2.75, 3.05) is 12.4 Å². The molecule has 0 aromatic heterocycles. The van der Waals surface area contributed by atoms with E-state index in [2.05, 4.69) is 11.9 Å². The molecule has 0 atom stereocenters. The van der Waals surface area contributed by atoms with Crippen molar-refractivity contribution in [3.63, 3.8) is 0 Å². The van der Waals surface area contributed by atoms with Crippen molar-refractivity contribution in [2.45, 2.75) is 6.92 Å². The van der Waals surface area contributed by atoms with Crippen LogP contribution in [0.4, 0.5) is 5.69 Å². The van der Waals surface area contributed by atoms with Gasteiger partial charge in [0.1, 0.15) is 11.5 Å². The molecular weight excluding hydrogens is 294 g/mol. The Bertz CT molecular complexity index is 718. The fourth-order valence-electron chi connectivity index (χ4n) is 1.75. The zero-order valence-electron chi connectivity index (χ0n) is 13.0. The molecule has 0 radical (unpaired) electrons. The SMILES string of the molecule is C=C(C)C(=O)Oc1ccc(NC(=O)c2ccc(OC)cc2)cc1. The molecule has 0 fully saturated rings. The van der Waals surface area contributed by atoms with Crippen molar-refractivity contribution in [2.24, 2.45) is 0 Å². The molecule has 1 N–H and O–H groups in total. The molecule has 0 aliphatic rings. The van der Waals surface area contributed by atoms with E-state index in [1.807, 2.05) is 0 Å². The fraction of sp³-hybridized carbons (Fsp3) is 0.111. The molecule has 0 bridgehead atoms. The Morgan fingerprint density at radius 2 is 1.52 bits per heavy atom. The summed E-state index contributed by atoms with van der Waals surface area (Å²) in [4.78, 5) is 23.5. The third kappa shape index (κ3) is 4.44. The van der Waals surface area contributed by atoms with Gasteiger partial charge in [-0.25, -0.2) is 4.79 Å². The van der Waals surface area contributed by atoms with Gasteiger partial charge in [0, 0.05) is 16.8 Å². The molecule has 0 aliphatic carbocycles. The molecule has 0 aliphatic heterocycles. The number of ether oxygens (including phenoxy) is 2. The van der Waals surface area contributed by atoms with Gasteiger partial charge in [-0.05, 0) is 55.5 Å². The number of anilines is 1. The maximum atomic E-state index is 12.1. The number of rotatable bonds is 5. The largest absolute Gasteiger partial charge is 0.497 e. The van der Waals surface area contributed by atoms with E-state index < -0.39 is 5.97 Å². The number of carbonyl (C=O) groups excluding carboxylic acids is 2. The summed E-state index contributed by atoms with van der Waals surface area (Å²) < 4.78 is 10.1. The minimum Gasteiger partial charge on any atom is -0.497 e. The minimum absolute atomic E-state index is 0.237. The number of esters is 1. The second-order valence-electron chi connectivity index (χ2n) is 4.88. The summed E-state index contributed by atoms with van der Waals surface area (Å²) in [5.41, 5.74) is 1.44. The first-order valence-corrected chi connectivity index (χ1v) is 6.93. The molecule has 0 spiro atoms. The van der Waals surface area contributed by atoms with Gasteiger partial charge < -0.3 is 14.8 Å². The summed E-state index contributed by atoms with van der Waals surface area (Å²) in [5, 5.41) is 2.76. The van der Waals surface area contributed by atoms with E-state index in [-0.39, 0.29) is 5.91 Å². The van der Waals surface area contributed by atoms with E-state index in [1.165, 1.54) is 0 Å². The molecule has 5 nitrogen and oxygen atoms in total. The Kier molecular flexibility index (Phi) is 5.15. The van der Waals surface area contributed by atoms with Crippen LogP contribution in [-0.2, 0) is 4.79 Å². The molecule has 0 saturated carbocycles. The standard InChI is InChI=1S/C18H17NO4/c1-12(2)18(21)23-16-10-6-14(7-11-16)19-17(20)13-4-8-15(22-3)9-5-13/h4-11H,1H2,2-3H3,(H,19,20). The molecule has 5 heteroatoms. The van der Waals surface area contributed by atoms with E-state index in [0.717, 1.165) is 0 Å². The molecule has 0 heterocycles. The summed E-state index contributed by atoms with van der Waals surface area (Å²) in [6.07, 6.45) is 0. The lowest BCUT2D eigenvalue weighted by atomic mass is 10.2. The molecule has 0 saturated heterocycles. The van der Waals surface area contributed by atoms with Crippen LogP contribution in [0.25, 0.3) is 0 Å². The number of benzene rings is 2. The Hall–Kier alpha value is -3.08. The number of methoxy groups -OCH3 is 1. The predicted molar refractivity (Wildman–Crippen MR) is 87.8 cm³/mol. The van der Waals surface area contributed by atoms with Crippen molar-refractivity contribution in [3.05, 3.63) is 66.2 Å². The summed E-state index contributed by atoms with van der Waals surface area (Å²) in [7, 11) is 1.57. The Morgan fingerprint density at radius 1 is 0.957 bits per heavy atom. The van der Waals surface area contributed by atoms with Crippen molar-refractivity contribution in [3.8, 4) is 11.5 Å². The Morgan fingerprint density at radius 3 is 2.04 bits per heavy atom. The number of nitrogens with one attached hydrogen (secondary N) is 1. The molecule has 2 aromatic rings. The average Bonchev–Trinajstić information content (AvgIpc) is 2.56. The van der Waals surface area contributed by atoms with Crippen LogP contribution in [0.3, 0.4) is 0 Å². The van der Waals surface area contributed by atoms with Crippen LogP contribution >= 0.6 is 0 Å². The van der Waals surface area contributed by atoms with Gasteiger partial charge in [-0.1, -0.05) is 6.58 Å². The summed E-state index contributed by atoms with van der Waals surface area (Å²) in [6.45, 7) is 5.09. The lowest BCUT2D eigenvalue weighted by Gasteiger charge is -2.08. The average molecular weight is 311 g/mol. The number of amides is 1. The van der Waals surface area contributed by atoms with Gasteiger partial charge >= 0.3 is 5.97 Å². The number of carbonyl (C=O) groups is 2. The van der Waals surface area contributed by atoms with Gasteiger partial charge in [-0.15, -0.1) is 0 Å². The van der Waals surface area contributed by atoms with Crippen molar-refractivity contribution < 1.29 is 19.1 Å². The zero-order chi connectivity index (χ0) is 16.8. The summed E-state index contributed by atoms with van der Waals surface area (Å²) >= 11 is 0. The minimum atomic E-state index is -0.486. The van der Waals surface area contributed by atoms with E-state index >= 15 is 0 Å². The van der Waals surface area contributed by atoms with Crippen molar-refractivity contribution in [1.82, 2.24) is 0 Å². The fourth-order valence-corrected chi connectivity index (χ4v) is 1.75. The lowest BCUT2D eigenvalue weighted by Crippen LogP contribution is -2.12. The molecule has 118 valence electrons. The van der Waals surface area contributed by atoms with Gasteiger partial charge in [-0.3, -0.25) is 4.79 Å². The van der Waals surface area contributed by atoms with Crippen LogP contribution in [0.1, 0.15) is 17.3 Å². The molecular formula is C18H17NO4. The first kappa shape index (κ1) is 16.3. The van der Waals surface area contributed by atoms with E-state index in [9.17, 15) is 9.59 Å². The Labute approximate surface area is 134 Å². The zero-order valence-corrected chi connectivity index (χ0v) is 13.0. The quantitative estimate of drug-likeness (QED) is 0.522. The maximum absolute atomic E-state index is 12.1. The van der Waals surface area contributed by atoms with Crippen LogP contribution in [0.5, 0.6) is 11.5 Å². The first-order valence-electron chi connectivity index (χ1n) is 6.93. The van der Waals surface area contributed by atoms with Gasteiger partial charge in [0.2, 0.25) is 0 Å². The summed E-state index contributed by atoms with van der Waals surface area (Å²) in [5.74, 6) is 0.352. The molecule has 2 rings (SSSR count). The van der Waals surface area contributed by atoms with Crippen LogP contribution in [-0.4, -0.2) is 19.0 Å². The normalized spacial score (nSPS) is 9.83. The maximum Gasteiger partial charge on any atom is 0.338 e. The smallest absolute Gasteiger partial charge is 0.338 e. The van der Waals surface area contributed by atoms with Gasteiger partial charge in [-0.2, -0.15) is 0 Å². The van der Waals surface area contributed by atoms with Crippen molar-refractivity contribution >= 4 is 17.6 Å². The second-order valence-corrected chi connectivity index (χ2v) is 4.88.